The predicted octanol–water partition coefficient (Wildman–Crippen LogP) is 3.27. The van der Waals surface area contributed by atoms with E-state index in [-0.39, 0.29) is 17.7 Å². The zero-order valence-corrected chi connectivity index (χ0v) is 14.8. The zero-order chi connectivity index (χ0) is 18.4. The number of aromatic hydroxyl groups is 1. The first kappa shape index (κ1) is 16.2. The van der Waals surface area contributed by atoms with Crippen LogP contribution in [0.3, 0.4) is 0 Å². The van der Waals surface area contributed by atoms with E-state index < -0.39 is 0 Å². The molecule has 0 radical (unpaired) electrons. The van der Waals surface area contributed by atoms with Gasteiger partial charge in [0.25, 0.3) is 5.91 Å². The number of carbonyl (C=O) groups excluding carboxylic acids is 1. The third kappa shape index (κ3) is 2.34. The summed E-state index contributed by atoms with van der Waals surface area (Å²) in [7, 11) is 3.27. The number of nitrogens with one attached hydrogen (secondary N) is 1. The predicted molar refractivity (Wildman–Crippen MR) is 97.4 cm³/mol. The Kier molecular flexibility index (Phi) is 3.68. The lowest BCUT2D eigenvalue weighted by atomic mass is 9.95. The molecule has 26 heavy (non-hydrogen) atoms. The number of aryl methyl sites for hydroxylation is 1. The molecule has 2 N–H and O–H groups in total. The molecule has 132 valence electrons. The first-order chi connectivity index (χ1) is 12.5. The lowest BCUT2D eigenvalue weighted by molar-refractivity contribution is 0.0787. The molecule has 1 aromatic heterocycles. The van der Waals surface area contributed by atoms with Gasteiger partial charge >= 0.3 is 0 Å². The number of H-pyrrole nitrogens is 1. The Bertz CT molecular complexity index is 992. The fourth-order valence-corrected chi connectivity index (χ4v) is 3.45. The Balaban J connectivity index is 1.88. The molecule has 6 heteroatoms. The highest BCUT2D eigenvalue weighted by atomic mass is 16.5. The molecule has 1 atom stereocenters. The van der Waals surface area contributed by atoms with E-state index in [2.05, 4.69) is 10.2 Å². The van der Waals surface area contributed by atoms with Crippen molar-refractivity contribution in [3.8, 4) is 22.8 Å². The molecule has 0 spiro atoms. The number of ether oxygens (including phenoxy) is 1. The minimum Gasteiger partial charge on any atom is -0.504 e. The number of nitrogens with zero attached hydrogens (tertiary/aromatic N) is 2. The molecule has 1 aliphatic rings. The smallest absolute Gasteiger partial charge is 0.272 e. The molecule has 4 rings (SSSR count). The van der Waals surface area contributed by atoms with Gasteiger partial charge in [-0.25, -0.2) is 0 Å². The van der Waals surface area contributed by atoms with Crippen LogP contribution in [0.1, 0.15) is 33.2 Å². The lowest BCUT2D eigenvalue weighted by Crippen LogP contribution is -2.24. The Morgan fingerprint density at radius 2 is 1.92 bits per heavy atom. The maximum atomic E-state index is 12.7. The minimum atomic E-state index is -0.304. The number of aromatic amines is 1. The van der Waals surface area contributed by atoms with Crippen molar-refractivity contribution >= 4 is 5.91 Å². The summed E-state index contributed by atoms with van der Waals surface area (Å²) in [5.41, 5.74) is 5.06. The quantitative estimate of drug-likeness (QED) is 0.761. The van der Waals surface area contributed by atoms with E-state index >= 15 is 0 Å². The van der Waals surface area contributed by atoms with E-state index in [1.807, 2.05) is 31.2 Å². The fraction of sp³-hybridized carbons (Fsp3) is 0.200. The summed E-state index contributed by atoms with van der Waals surface area (Å²) in [6.07, 6.45) is 0. The van der Waals surface area contributed by atoms with Crippen LogP contribution in [0.2, 0.25) is 0 Å². The summed E-state index contributed by atoms with van der Waals surface area (Å²) in [5.74, 6) is 0.328. The van der Waals surface area contributed by atoms with Crippen LogP contribution in [-0.2, 0) is 0 Å². The van der Waals surface area contributed by atoms with Crippen LogP contribution in [0.25, 0.3) is 11.3 Å². The Labute approximate surface area is 151 Å². The van der Waals surface area contributed by atoms with E-state index in [0.717, 1.165) is 27.9 Å². The van der Waals surface area contributed by atoms with Crippen molar-refractivity contribution in [3.63, 3.8) is 0 Å². The second kappa shape index (κ2) is 5.91. The average Bonchev–Trinajstić information content (AvgIpc) is 3.17. The third-order valence-corrected chi connectivity index (χ3v) is 4.84. The van der Waals surface area contributed by atoms with Crippen LogP contribution in [-0.4, -0.2) is 40.3 Å². The molecule has 0 unspecified atom stereocenters. The Morgan fingerprint density at radius 1 is 1.19 bits per heavy atom. The standard InChI is InChI=1S/C20H19N3O3/c1-11-4-6-12(7-5-11)17-16-18(22-21-17)20(25)23(2)19(16)13-8-9-14(24)15(10-13)26-3/h4-10,19,24H,1-3H3,(H,21,22)/t19-/m1/s1. The zero-order valence-electron chi connectivity index (χ0n) is 14.8. The highest BCUT2D eigenvalue weighted by molar-refractivity contribution is 6.00. The van der Waals surface area contributed by atoms with Gasteiger partial charge in [-0.3, -0.25) is 9.89 Å². The van der Waals surface area contributed by atoms with Gasteiger partial charge in [0.15, 0.2) is 11.5 Å². The molecule has 0 bridgehead atoms. The molecular weight excluding hydrogens is 330 g/mol. The van der Waals surface area contributed by atoms with E-state index in [1.54, 1.807) is 30.1 Å². The summed E-state index contributed by atoms with van der Waals surface area (Å²) in [4.78, 5) is 14.3. The van der Waals surface area contributed by atoms with E-state index in [4.69, 9.17) is 4.74 Å². The van der Waals surface area contributed by atoms with E-state index in [9.17, 15) is 9.90 Å². The second-order valence-corrected chi connectivity index (χ2v) is 6.48. The number of phenolic OH excluding ortho intramolecular Hbond substituents is 1. The van der Waals surface area contributed by atoms with Crippen molar-refractivity contribution in [1.82, 2.24) is 15.1 Å². The molecule has 6 nitrogen and oxygen atoms in total. The van der Waals surface area contributed by atoms with Crippen LogP contribution in [0.5, 0.6) is 11.5 Å². The van der Waals surface area contributed by atoms with Gasteiger partial charge in [0.05, 0.1) is 18.8 Å². The van der Waals surface area contributed by atoms with Crippen LogP contribution in [0.4, 0.5) is 0 Å². The fourth-order valence-electron chi connectivity index (χ4n) is 3.45. The average molecular weight is 349 g/mol. The third-order valence-electron chi connectivity index (χ3n) is 4.84. The van der Waals surface area contributed by atoms with Gasteiger partial charge in [0.2, 0.25) is 0 Å². The van der Waals surface area contributed by atoms with Crippen molar-refractivity contribution in [2.45, 2.75) is 13.0 Å². The van der Waals surface area contributed by atoms with E-state index in [0.29, 0.717) is 11.4 Å². The van der Waals surface area contributed by atoms with Crippen molar-refractivity contribution in [1.29, 1.82) is 0 Å². The Morgan fingerprint density at radius 3 is 2.62 bits per heavy atom. The van der Waals surface area contributed by atoms with Gasteiger partial charge < -0.3 is 14.7 Å². The number of hydrogen-bond acceptors (Lipinski definition) is 4. The molecular formula is C20H19N3O3. The highest BCUT2D eigenvalue weighted by Gasteiger charge is 2.40. The summed E-state index contributed by atoms with van der Waals surface area (Å²) in [6, 6.07) is 12.9. The summed E-state index contributed by atoms with van der Waals surface area (Å²) >= 11 is 0. The van der Waals surface area contributed by atoms with Crippen molar-refractivity contribution in [2.75, 3.05) is 14.2 Å². The van der Waals surface area contributed by atoms with Gasteiger partial charge in [0.1, 0.15) is 5.69 Å². The van der Waals surface area contributed by atoms with Crippen LogP contribution in [0.15, 0.2) is 42.5 Å². The first-order valence-corrected chi connectivity index (χ1v) is 8.30. The van der Waals surface area contributed by atoms with Gasteiger partial charge in [-0.15, -0.1) is 0 Å². The first-order valence-electron chi connectivity index (χ1n) is 8.30. The molecule has 1 aliphatic heterocycles. The SMILES string of the molecule is COc1cc([C@@H]2c3c(-c4ccc(C)cc4)n[nH]c3C(=O)N2C)ccc1O. The number of rotatable bonds is 3. The normalized spacial score (nSPS) is 16.0. The monoisotopic (exact) mass is 349 g/mol. The molecule has 0 saturated heterocycles. The van der Waals surface area contributed by atoms with Gasteiger partial charge in [-0.05, 0) is 24.6 Å². The maximum absolute atomic E-state index is 12.7. The van der Waals surface area contributed by atoms with Crippen LogP contribution < -0.4 is 4.74 Å². The number of phenols is 1. The van der Waals surface area contributed by atoms with Gasteiger partial charge in [0, 0.05) is 18.2 Å². The number of benzene rings is 2. The number of hydrogen-bond donors (Lipinski definition) is 2. The lowest BCUT2D eigenvalue weighted by Gasteiger charge is -2.22. The molecule has 3 aromatic rings. The van der Waals surface area contributed by atoms with E-state index in [1.165, 1.54) is 7.11 Å². The second-order valence-electron chi connectivity index (χ2n) is 6.48. The minimum absolute atomic E-state index is 0.0643. The van der Waals surface area contributed by atoms with Crippen molar-refractivity contribution in [2.24, 2.45) is 0 Å². The number of fused-ring (bicyclic) bond motifs is 1. The summed E-state index contributed by atoms with van der Waals surface area (Å²) < 4.78 is 5.23. The molecule has 2 aromatic carbocycles. The number of amides is 1. The molecule has 2 heterocycles. The molecule has 1 amide bonds. The van der Waals surface area contributed by atoms with Crippen molar-refractivity contribution in [3.05, 3.63) is 64.8 Å². The number of methoxy groups -OCH3 is 1. The number of aromatic nitrogens is 2. The van der Waals surface area contributed by atoms with Crippen molar-refractivity contribution < 1.29 is 14.6 Å². The van der Waals surface area contributed by atoms with Crippen LogP contribution >= 0.6 is 0 Å². The number of carbonyl (C=O) groups is 1. The molecule has 0 saturated carbocycles. The highest BCUT2D eigenvalue weighted by Crippen LogP contribution is 2.43. The molecule has 0 aliphatic carbocycles. The summed E-state index contributed by atoms with van der Waals surface area (Å²) in [6.45, 7) is 2.03. The summed E-state index contributed by atoms with van der Waals surface area (Å²) in [5, 5.41) is 17.2. The molecule has 0 fully saturated rings. The maximum Gasteiger partial charge on any atom is 0.272 e. The topological polar surface area (TPSA) is 78.5 Å². The largest absolute Gasteiger partial charge is 0.504 e. The van der Waals surface area contributed by atoms with Gasteiger partial charge in [-0.2, -0.15) is 5.10 Å². The van der Waals surface area contributed by atoms with Gasteiger partial charge in [-0.1, -0.05) is 35.9 Å². The van der Waals surface area contributed by atoms with Crippen LogP contribution in [0, 0.1) is 6.92 Å². The Hall–Kier alpha value is -3.28.